The number of hydrogen-bond donors (Lipinski definition) is 2. The van der Waals surface area contributed by atoms with Crippen LogP contribution in [0.25, 0.3) is 0 Å². The number of halogens is 1. The Morgan fingerprint density at radius 2 is 1.82 bits per heavy atom. The van der Waals surface area contributed by atoms with E-state index in [1.165, 1.54) is 19.2 Å². The summed E-state index contributed by atoms with van der Waals surface area (Å²) < 4.78 is 40.6. The minimum atomic E-state index is -3.63. The number of nitrogens with two attached hydrogens (primary N) is 1. The fourth-order valence-corrected chi connectivity index (χ4v) is 4.16. The van der Waals surface area contributed by atoms with Crippen molar-refractivity contribution in [3.8, 4) is 17.2 Å². The molecule has 0 aliphatic carbocycles. The van der Waals surface area contributed by atoms with Crippen LogP contribution in [0.2, 0.25) is 0 Å². The fourth-order valence-electron chi connectivity index (χ4n) is 2.61. The van der Waals surface area contributed by atoms with Crippen LogP contribution in [-0.2, 0) is 14.6 Å². The summed E-state index contributed by atoms with van der Waals surface area (Å²) in [6, 6.07) is 9.13. The van der Waals surface area contributed by atoms with Crippen LogP contribution in [0.5, 0.6) is 17.2 Å². The molecule has 1 heterocycles. The van der Waals surface area contributed by atoms with Gasteiger partial charge < -0.3 is 25.3 Å². The standard InChI is InChI=1S/C18H20N2O6S.ClH/c1-11(9-27(22,23)13-5-3-12(24-2)4-6-13)18(21)20-15-8-17-16(7-14(15)19)25-10-26-17;/h3-8,11H,9-10,19H2,1-2H3,(H,20,21);1H. The lowest BCUT2D eigenvalue weighted by molar-refractivity contribution is -0.118. The largest absolute Gasteiger partial charge is 0.497 e. The van der Waals surface area contributed by atoms with E-state index in [2.05, 4.69) is 5.32 Å². The first-order valence-corrected chi connectivity index (χ1v) is 9.82. The zero-order chi connectivity index (χ0) is 19.6. The van der Waals surface area contributed by atoms with Crippen LogP contribution < -0.4 is 25.3 Å². The number of fused-ring (bicyclic) bond motifs is 1. The molecule has 0 radical (unpaired) electrons. The number of methoxy groups -OCH3 is 1. The summed E-state index contributed by atoms with van der Waals surface area (Å²) in [4.78, 5) is 12.6. The fraction of sp³-hybridized carbons (Fsp3) is 0.278. The molecule has 0 saturated heterocycles. The van der Waals surface area contributed by atoms with Crippen LogP contribution in [0, 0.1) is 5.92 Å². The van der Waals surface area contributed by atoms with Gasteiger partial charge in [0.15, 0.2) is 21.3 Å². The van der Waals surface area contributed by atoms with Crippen molar-refractivity contribution in [1.29, 1.82) is 0 Å². The number of amides is 1. The molecule has 2 aromatic rings. The van der Waals surface area contributed by atoms with Gasteiger partial charge in [-0.1, -0.05) is 6.92 Å². The second kappa shape index (κ2) is 8.57. The molecule has 1 atom stereocenters. The Kier molecular flexibility index (Phi) is 6.63. The summed E-state index contributed by atoms with van der Waals surface area (Å²) in [7, 11) is -2.14. The molecule has 1 amide bonds. The number of hydrogen-bond acceptors (Lipinski definition) is 7. The van der Waals surface area contributed by atoms with Gasteiger partial charge in [-0.05, 0) is 24.3 Å². The van der Waals surface area contributed by atoms with Gasteiger partial charge in [-0.3, -0.25) is 4.79 Å². The first-order chi connectivity index (χ1) is 12.8. The van der Waals surface area contributed by atoms with Crippen molar-refractivity contribution in [2.45, 2.75) is 11.8 Å². The second-order valence-electron chi connectivity index (χ2n) is 6.14. The Balaban J connectivity index is 0.00000280. The van der Waals surface area contributed by atoms with Crippen molar-refractivity contribution >= 4 is 39.5 Å². The molecule has 1 aliphatic heterocycles. The molecule has 3 N–H and O–H groups in total. The number of nitrogens with one attached hydrogen (secondary N) is 1. The van der Waals surface area contributed by atoms with Gasteiger partial charge in [-0.15, -0.1) is 12.4 Å². The van der Waals surface area contributed by atoms with Gasteiger partial charge in [0.05, 0.1) is 29.1 Å². The number of carbonyl (C=O) groups is 1. The van der Waals surface area contributed by atoms with Gasteiger partial charge in [-0.25, -0.2) is 8.42 Å². The first kappa shape index (κ1) is 21.6. The lowest BCUT2D eigenvalue weighted by atomic mass is 10.2. The summed E-state index contributed by atoms with van der Waals surface area (Å²) in [6.07, 6.45) is 0. The van der Waals surface area contributed by atoms with E-state index < -0.39 is 21.7 Å². The Morgan fingerprint density at radius 3 is 2.43 bits per heavy atom. The Morgan fingerprint density at radius 1 is 1.21 bits per heavy atom. The molecular weight excluding hydrogens is 408 g/mol. The second-order valence-corrected chi connectivity index (χ2v) is 8.17. The SMILES string of the molecule is COc1ccc(S(=O)(=O)CC(C)C(=O)Nc2cc3c(cc2N)OCO3)cc1.Cl. The highest BCUT2D eigenvalue weighted by molar-refractivity contribution is 7.91. The molecule has 8 nitrogen and oxygen atoms in total. The van der Waals surface area contributed by atoms with Gasteiger partial charge in [0.1, 0.15) is 5.75 Å². The number of anilines is 2. The summed E-state index contributed by atoms with van der Waals surface area (Å²) in [5, 5.41) is 2.65. The zero-order valence-electron chi connectivity index (χ0n) is 15.3. The Hall–Kier alpha value is -2.65. The van der Waals surface area contributed by atoms with E-state index in [0.717, 1.165) is 0 Å². The molecule has 1 unspecified atom stereocenters. The molecule has 10 heteroatoms. The average molecular weight is 429 g/mol. The third kappa shape index (κ3) is 4.60. The van der Waals surface area contributed by atoms with E-state index >= 15 is 0 Å². The van der Waals surface area contributed by atoms with Crippen LogP contribution in [0.1, 0.15) is 6.92 Å². The lowest BCUT2D eigenvalue weighted by Gasteiger charge is -2.14. The van der Waals surface area contributed by atoms with Gasteiger partial charge >= 0.3 is 0 Å². The number of ether oxygens (including phenoxy) is 3. The maximum atomic E-state index is 12.5. The molecule has 2 aromatic carbocycles. The number of nitrogen functional groups attached to an aromatic ring is 1. The smallest absolute Gasteiger partial charge is 0.231 e. The number of carbonyl (C=O) groups excluding carboxylic acids is 1. The monoisotopic (exact) mass is 428 g/mol. The minimum Gasteiger partial charge on any atom is -0.497 e. The van der Waals surface area contributed by atoms with Crippen molar-refractivity contribution in [2.75, 3.05) is 30.7 Å². The molecule has 3 rings (SSSR count). The van der Waals surface area contributed by atoms with Gasteiger partial charge in [-0.2, -0.15) is 0 Å². The highest BCUT2D eigenvalue weighted by Gasteiger charge is 2.25. The Labute approximate surface area is 169 Å². The molecular formula is C18H21ClN2O6S. The van der Waals surface area contributed by atoms with Crippen molar-refractivity contribution < 1.29 is 27.4 Å². The quantitative estimate of drug-likeness (QED) is 0.678. The minimum absolute atomic E-state index is 0. The van der Waals surface area contributed by atoms with Crippen molar-refractivity contribution in [3.05, 3.63) is 36.4 Å². The van der Waals surface area contributed by atoms with Crippen molar-refractivity contribution in [1.82, 2.24) is 0 Å². The highest BCUT2D eigenvalue weighted by atomic mass is 35.5. The molecule has 1 aliphatic rings. The highest BCUT2D eigenvalue weighted by Crippen LogP contribution is 2.38. The molecule has 0 fully saturated rings. The third-order valence-corrected chi connectivity index (χ3v) is 6.07. The van der Waals surface area contributed by atoms with Gasteiger partial charge in [0, 0.05) is 18.1 Å². The molecule has 152 valence electrons. The molecule has 0 bridgehead atoms. The third-order valence-electron chi connectivity index (χ3n) is 4.14. The van der Waals surface area contributed by atoms with E-state index in [9.17, 15) is 13.2 Å². The summed E-state index contributed by atoms with van der Waals surface area (Å²) >= 11 is 0. The summed E-state index contributed by atoms with van der Waals surface area (Å²) in [5.41, 5.74) is 6.56. The van der Waals surface area contributed by atoms with Crippen molar-refractivity contribution in [3.63, 3.8) is 0 Å². The number of benzene rings is 2. The van der Waals surface area contributed by atoms with Crippen LogP contribution in [0.15, 0.2) is 41.3 Å². The zero-order valence-corrected chi connectivity index (χ0v) is 16.9. The van der Waals surface area contributed by atoms with Crippen LogP contribution in [-0.4, -0.2) is 34.0 Å². The lowest BCUT2D eigenvalue weighted by Crippen LogP contribution is -2.27. The van der Waals surface area contributed by atoms with E-state index in [0.29, 0.717) is 28.6 Å². The van der Waals surface area contributed by atoms with Gasteiger partial charge in [0.25, 0.3) is 0 Å². The molecule has 0 spiro atoms. The molecule has 28 heavy (non-hydrogen) atoms. The average Bonchev–Trinajstić information content (AvgIpc) is 3.08. The van der Waals surface area contributed by atoms with Crippen molar-refractivity contribution in [2.24, 2.45) is 5.92 Å². The number of rotatable bonds is 6. The predicted octanol–water partition coefficient (Wildman–Crippen LogP) is 2.48. The first-order valence-electron chi connectivity index (χ1n) is 8.17. The summed E-state index contributed by atoms with van der Waals surface area (Å²) in [6.45, 7) is 1.63. The predicted molar refractivity (Wildman–Crippen MR) is 107 cm³/mol. The normalized spacial score (nSPS) is 13.4. The maximum Gasteiger partial charge on any atom is 0.231 e. The Bertz CT molecular complexity index is 963. The van der Waals surface area contributed by atoms with E-state index in [1.807, 2.05) is 0 Å². The molecule has 0 aromatic heterocycles. The summed E-state index contributed by atoms with van der Waals surface area (Å²) in [5.74, 6) is -0.0634. The maximum absolute atomic E-state index is 12.5. The van der Waals surface area contributed by atoms with E-state index in [1.54, 1.807) is 31.2 Å². The van der Waals surface area contributed by atoms with Crippen LogP contribution in [0.4, 0.5) is 11.4 Å². The molecule has 0 saturated carbocycles. The van der Waals surface area contributed by atoms with Crippen LogP contribution >= 0.6 is 12.4 Å². The van der Waals surface area contributed by atoms with E-state index in [-0.39, 0.29) is 29.8 Å². The van der Waals surface area contributed by atoms with E-state index in [4.69, 9.17) is 19.9 Å². The topological polar surface area (TPSA) is 117 Å². The number of sulfone groups is 1. The van der Waals surface area contributed by atoms with Crippen LogP contribution in [0.3, 0.4) is 0 Å². The van der Waals surface area contributed by atoms with Gasteiger partial charge in [0.2, 0.25) is 12.7 Å².